The van der Waals surface area contributed by atoms with Crippen LogP contribution in [0.1, 0.15) is 25.0 Å². The fraction of sp³-hybridized carbons (Fsp3) is 0.500. The van der Waals surface area contributed by atoms with E-state index < -0.39 is 0 Å². The zero-order valence-corrected chi connectivity index (χ0v) is 14.1. The molecule has 4 nitrogen and oxygen atoms in total. The Kier molecular flexibility index (Phi) is 4.74. The van der Waals surface area contributed by atoms with Crippen molar-refractivity contribution >= 4 is 5.69 Å². The van der Waals surface area contributed by atoms with E-state index in [0.29, 0.717) is 0 Å². The van der Waals surface area contributed by atoms with Crippen molar-refractivity contribution in [2.45, 2.75) is 25.8 Å². The van der Waals surface area contributed by atoms with Gasteiger partial charge in [0, 0.05) is 50.5 Å². The molecule has 1 N–H and O–H groups in total. The third-order valence-corrected chi connectivity index (χ3v) is 5.68. The Morgan fingerprint density at radius 1 is 1.04 bits per heavy atom. The van der Waals surface area contributed by atoms with Gasteiger partial charge in [0.25, 0.3) is 0 Å². The topological polar surface area (TPSA) is 41.0 Å². The van der Waals surface area contributed by atoms with Crippen molar-refractivity contribution in [3.63, 3.8) is 0 Å². The molecule has 0 aromatic carbocycles. The molecule has 1 aliphatic heterocycles. The van der Waals surface area contributed by atoms with Crippen LogP contribution in [0.2, 0.25) is 0 Å². The molecular weight excluding hydrogens is 296 g/mol. The Morgan fingerprint density at radius 2 is 1.96 bits per heavy atom. The van der Waals surface area contributed by atoms with Gasteiger partial charge in [0.2, 0.25) is 0 Å². The molecule has 0 spiro atoms. The second-order valence-corrected chi connectivity index (χ2v) is 7.25. The number of nitrogens with zero attached hydrogens (tertiary/aromatic N) is 3. The molecule has 1 aliphatic carbocycles. The van der Waals surface area contributed by atoms with E-state index >= 15 is 0 Å². The van der Waals surface area contributed by atoms with Gasteiger partial charge in [-0.2, -0.15) is 0 Å². The van der Waals surface area contributed by atoms with E-state index in [0.717, 1.165) is 30.8 Å². The third-order valence-electron chi connectivity index (χ3n) is 5.68. The van der Waals surface area contributed by atoms with Gasteiger partial charge in [-0.1, -0.05) is 12.5 Å². The molecular formula is C20H26N4. The van der Waals surface area contributed by atoms with Crippen LogP contribution in [0.4, 0.5) is 5.69 Å². The van der Waals surface area contributed by atoms with Crippen molar-refractivity contribution in [2.75, 3.05) is 25.0 Å². The average Bonchev–Trinajstić information content (AvgIpc) is 3.04. The van der Waals surface area contributed by atoms with Gasteiger partial charge in [-0.05, 0) is 54.9 Å². The predicted molar refractivity (Wildman–Crippen MR) is 96.6 cm³/mol. The lowest BCUT2D eigenvalue weighted by Gasteiger charge is -2.33. The number of fused-ring (bicyclic) bond motifs is 1. The Labute approximate surface area is 144 Å². The van der Waals surface area contributed by atoms with Gasteiger partial charge in [-0.3, -0.25) is 14.9 Å². The van der Waals surface area contributed by atoms with Crippen molar-refractivity contribution in [2.24, 2.45) is 17.8 Å². The van der Waals surface area contributed by atoms with Crippen LogP contribution in [0.5, 0.6) is 0 Å². The molecule has 2 aliphatic rings. The highest BCUT2D eigenvalue weighted by Crippen LogP contribution is 2.40. The van der Waals surface area contributed by atoms with Gasteiger partial charge in [-0.15, -0.1) is 0 Å². The first kappa shape index (κ1) is 15.6. The Hall–Kier alpha value is -1.94. The number of rotatable bonds is 5. The zero-order valence-electron chi connectivity index (χ0n) is 14.1. The van der Waals surface area contributed by atoms with Crippen molar-refractivity contribution in [1.82, 2.24) is 14.9 Å². The monoisotopic (exact) mass is 322 g/mol. The maximum atomic E-state index is 4.49. The quantitative estimate of drug-likeness (QED) is 0.915. The van der Waals surface area contributed by atoms with Crippen LogP contribution in [0.25, 0.3) is 0 Å². The van der Waals surface area contributed by atoms with Crippen molar-refractivity contribution < 1.29 is 0 Å². The molecule has 0 radical (unpaired) electrons. The number of nitrogens with one attached hydrogen (secondary N) is 1. The lowest BCUT2D eigenvalue weighted by Crippen LogP contribution is -2.32. The lowest BCUT2D eigenvalue weighted by molar-refractivity contribution is 0.207. The van der Waals surface area contributed by atoms with Crippen LogP contribution < -0.4 is 5.32 Å². The summed E-state index contributed by atoms with van der Waals surface area (Å²) in [4.78, 5) is 11.2. The summed E-state index contributed by atoms with van der Waals surface area (Å²) in [6, 6.07) is 10.3. The van der Waals surface area contributed by atoms with E-state index in [1.807, 2.05) is 24.7 Å². The molecule has 3 heterocycles. The number of likely N-dealkylation sites (tertiary alicyclic amines) is 1. The Morgan fingerprint density at radius 3 is 2.79 bits per heavy atom. The molecule has 2 aromatic heterocycles. The molecule has 126 valence electrons. The molecule has 4 rings (SSSR count). The minimum atomic E-state index is 0.783. The number of hydrogen-bond acceptors (Lipinski definition) is 4. The molecule has 0 unspecified atom stereocenters. The minimum Gasteiger partial charge on any atom is -0.385 e. The van der Waals surface area contributed by atoms with Crippen molar-refractivity contribution in [3.05, 3.63) is 54.6 Å². The second-order valence-electron chi connectivity index (χ2n) is 7.25. The largest absolute Gasteiger partial charge is 0.385 e. The van der Waals surface area contributed by atoms with Crippen LogP contribution in [-0.2, 0) is 6.54 Å². The molecule has 2 fully saturated rings. The average molecular weight is 322 g/mol. The molecule has 24 heavy (non-hydrogen) atoms. The maximum Gasteiger partial charge on any atom is 0.0543 e. The SMILES string of the molecule is c1ccc(CN2C[C@H]3CCC[C@@H](CNc4ccncc4)[C@H]3C2)nc1. The number of pyridine rings is 2. The summed E-state index contributed by atoms with van der Waals surface area (Å²) in [5.74, 6) is 2.48. The Bertz CT molecular complexity index is 631. The van der Waals surface area contributed by atoms with Gasteiger partial charge >= 0.3 is 0 Å². The minimum absolute atomic E-state index is 0.783. The third kappa shape index (κ3) is 3.59. The van der Waals surface area contributed by atoms with Crippen LogP contribution in [-0.4, -0.2) is 34.5 Å². The maximum absolute atomic E-state index is 4.49. The second kappa shape index (κ2) is 7.31. The first-order chi connectivity index (χ1) is 11.9. The summed E-state index contributed by atoms with van der Waals surface area (Å²) in [5, 5.41) is 3.62. The first-order valence-corrected chi connectivity index (χ1v) is 9.14. The molecule has 0 bridgehead atoms. The van der Waals surface area contributed by atoms with Gasteiger partial charge in [-0.25, -0.2) is 0 Å². The number of hydrogen-bond donors (Lipinski definition) is 1. The van der Waals surface area contributed by atoms with E-state index in [1.165, 1.54) is 43.7 Å². The van der Waals surface area contributed by atoms with Crippen molar-refractivity contribution in [1.29, 1.82) is 0 Å². The number of aromatic nitrogens is 2. The summed E-state index contributed by atoms with van der Waals surface area (Å²) in [7, 11) is 0. The highest BCUT2D eigenvalue weighted by atomic mass is 15.2. The van der Waals surface area contributed by atoms with Gasteiger partial charge in [0.05, 0.1) is 5.69 Å². The van der Waals surface area contributed by atoms with Crippen LogP contribution >= 0.6 is 0 Å². The van der Waals surface area contributed by atoms with E-state index in [4.69, 9.17) is 0 Å². The molecule has 1 saturated carbocycles. The summed E-state index contributed by atoms with van der Waals surface area (Å²) in [6.45, 7) is 4.55. The molecule has 3 atom stereocenters. The highest BCUT2D eigenvalue weighted by Gasteiger charge is 2.39. The fourth-order valence-corrected chi connectivity index (χ4v) is 4.51. The van der Waals surface area contributed by atoms with Gasteiger partial charge in [0.15, 0.2) is 0 Å². The predicted octanol–water partition coefficient (Wildman–Crippen LogP) is 3.44. The lowest BCUT2D eigenvalue weighted by atomic mass is 9.74. The summed E-state index contributed by atoms with van der Waals surface area (Å²) in [5.41, 5.74) is 2.39. The fourth-order valence-electron chi connectivity index (χ4n) is 4.51. The molecule has 1 saturated heterocycles. The van der Waals surface area contributed by atoms with E-state index in [1.54, 1.807) is 0 Å². The molecule has 2 aromatic rings. The summed E-state index contributed by atoms with van der Waals surface area (Å²) < 4.78 is 0. The van der Waals surface area contributed by atoms with Crippen LogP contribution in [0.15, 0.2) is 48.9 Å². The van der Waals surface area contributed by atoms with Gasteiger partial charge in [0.1, 0.15) is 0 Å². The molecule has 4 heteroatoms. The summed E-state index contributed by atoms with van der Waals surface area (Å²) >= 11 is 0. The number of anilines is 1. The van der Waals surface area contributed by atoms with Crippen molar-refractivity contribution in [3.8, 4) is 0 Å². The van der Waals surface area contributed by atoms with E-state index in [2.05, 4.69) is 44.5 Å². The van der Waals surface area contributed by atoms with Crippen LogP contribution in [0, 0.1) is 17.8 Å². The van der Waals surface area contributed by atoms with Gasteiger partial charge < -0.3 is 5.32 Å². The zero-order chi connectivity index (χ0) is 16.2. The first-order valence-electron chi connectivity index (χ1n) is 9.14. The Balaban J connectivity index is 1.36. The standard InChI is InChI=1S/C20H26N4/c1-2-9-22-19(6-1)14-24-13-17-5-3-4-16(20(17)15-24)12-23-18-7-10-21-11-8-18/h1-2,6-11,16-17,20H,3-5,12-15H2,(H,21,23)/t16-,17+,20+/m0/s1. The molecule has 0 amide bonds. The normalized spacial score (nSPS) is 26.9. The van der Waals surface area contributed by atoms with E-state index in [-0.39, 0.29) is 0 Å². The van der Waals surface area contributed by atoms with E-state index in [9.17, 15) is 0 Å². The summed E-state index contributed by atoms with van der Waals surface area (Å²) in [6.07, 6.45) is 9.75. The highest BCUT2D eigenvalue weighted by molar-refractivity contribution is 5.40. The smallest absolute Gasteiger partial charge is 0.0543 e. The van der Waals surface area contributed by atoms with Crippen LogP contribution in [0.3, 0.4) is 0 Å².